The van der Waals surface area contributed by atoms with Crippen molar-refractivity contribution in [2.45, 2.75) is 31.5 Å². The van der Waals surface area contributed by atoms with E-state index in [1.807, 2.05) is 24.3 Å². The molecule has 1 saturated heterocycles. The van der Waals surface area contributed by atoms with E-state index in [4.69, 9.17) is 9.47 Å². The normalized spacial score (nSPS) is 31.6. The molecule has 0 bridgehead atoms. The molecule has 4 nitrogen and oxygen atoms in total. The molecule has 1 aromatic carbocycles. The van der Waals surface area contributed by atoms with Gasteiger partial charge >= 0.3 is 0 Å². The summed E-state index contributed by atoms with van der Waals surface area (Å²) in [4.78, 5) is 2.35. The van der Waals surface area contributed by atoms with Crippen LogP contribution in [-0.2, 0) is 4.74 Å². The summed E-state index contributed by atoms with van der Waals surface area (Å²) in [5.74, 6) is 0.813. The number of hydrogen-bond acceptors (Lipinski definition) is 4. The lowest BCUT2D eigenvalue weighted by atomic mass is 9.96. The van der Waals surface area contributed by atoms with Gasteiger partial charge in [-0.2, -0.15) is 0 Å². The van der Waals surface area contributed by atoms with E-state index in [0.29, 0.717) is 12.6 Å². The lowest BCUT2D eigenvalue weighted by molar-refractivity contribution is -0.0784. The minimum absolute atomic E-state index is 0.0312. The molecule has 0 amide bonds. The lowest BCUT2D eigenvalue weighted by Crippen LogP contribution is -2.55. The van der Waals surface area contributed by atoms with Gasteiger partial charge in [-0.05, 0) is 12.5 Å². The summed E-state index contributed by atoms with van der Waals surface area (Å²) in [6, 6.07) is 8.17. The van der Waals surface area contributed by atoms with Crippen molar-refractivity contribution in [3.8, 4) is 5.75 Å². The molecule has 0 aliphatic carbocycles. The zero-order valence-corrected chi connectivity index (χ0v) is 11.3. The van der Waals surface area contributed by atoms with E-state index in [-0.39, 0.29) is 6.04 Å². The molecular weight excluding hydrogens is 242 g/mol. The van der Waals surface area contributed by atoms with Gasteiger partial charge in [-0.1, -0.05) is 25.1 Å². The Morgan fingerprint density at radius 1 is 1.32 bits per heavy atom. The van der Waals surface area contributed by atoms with Crippen LogP contribution >= 0.6 is 0 Å². The number of aliphatic hydroxyl groups is 1. The third-order valence-electron chi connectivity index (χ3n) is 4.18. The minimum atomic E-state index is -0.475. The number of aliphatic hydroxyl groups excluding tert-OH is 1. The molecule has 0 spiro atoms. The van der Waals surface area contributed by atoms with E-state index in [9.17, 15) is 5.11 Å². The molecule has 2 aliphatic heterocycles. The zero-order chi connectivity index (χ0) is 13.2. The first-order valence-electron chi connectivity index (χ1n) is 7.04. The first-order chi connectivity index (χ1) is 9.31. The van der Waals surface area contributed by atoms with Crippen LogP contribution < -0.4 is 4.74 Å². The van der Waals surface area contributed by atoms with Crippen LogP contribution in [-0.4, -0.2) is 48.5 Å². The van der Waals surface area contributed by atoms with Crippen molar-refractivity contribution < 1.29 is 14.6 Å². The fraction of sp³-hybridized carbons (Fsp3) is 0.600. The highest BCUT2D eigenvalue weighted by Crippen LogP contribution is 2.35. The topological polar surface area (TPSA) is 41.9 Å². The van der Waals surface area contributed by atoms with Crippen molar-refractivity contribution in [3.63, 3.8) is 0 Å². The van der Waals surface area contributed by atoms with E-state index >= 15 is 0 Å². The predicted molar refractivity (Wildman–Crippen MR) is 72.3 cm³/mol. The molecule has 3 rings (SSSR count). The quantitative estimate of drug-likeness (QED) is 0.880. The summed E-state index contributed by atoms with van der Waals surface area (Å²) >= 11 is 0. The summed E-state index contributed by atoms with van der Waals surface area (Å²) < 4.78 is 11.3. The number of benzene rings is 1. The first kappa shape index (κ1) is 12.9. The molecule has 3 unspecified atom stereocenters. The van der Waals surface area contributed by atoms with Crippen molar-refractivity contribution in [2.75, 3.05) is 26.4 Å². The van der Waals surface area contributed by atoms with E-state index in [1.54, 1.807) is 0 Å². The predicted octanol–water partition coefficient (Wildman–Crippen LogP) is 1.59. The van der Waals surface area contributed by atoms with Gasteiger partial charge in [-0.25, -0.2) is 0 Å². The van der Waals surface area contributed by atoms with Crippen LogP contribution in [0.4, 0.5) is 0 Å². The Hall–Kier alpha value is -1.10. The van der Waals surface area contributed by atoms with Gasteiger partial charge in [0.25, 0.3) is 0 Å². The number of fused-ring (bicyclic) bond motifs is 1. The maximum Gasteiger partial charge on any atom is 0.125 e. The summed E-state index contributed by atoms with van der Waals surface area (Å²) in [5, 5.41) is 10.6. The average molecular weight is 263 g/mol. The summed E-state index contributed by atoms with van der Waals surface area (Å²) in [7, 11) is 0. The van der Waals surface area contributed by atoms with Gasteiger partial charge in [0.15, 0.2) is 0 Å². The molecule has 4 heteroatoms. The van der Waals surface area contributed by atoms with E-state index in [2.05, 4.69) is 11.8 Å². The number of para-hydroxylation sites is 1. The number of morpholine rings is 1. The van der Waals surface area contributed by atoms with Crippen molar-refractivity contribution >= 4 is 0 Å². The Kier molecular flexibility index (Phi) is 3.73. The maximum absolute atomic E-state index is 10.6. The van der Waals surface area contributed by atoms with Crippen molar-refractivity contribution in [2.24, 2.45) is 0 Å². The fourth-order valence-electron chi connectivity index (χ4n) is 3.06. The molecule has 1 fully saturated rings. The van der Waals surface area contributed by atoms with Crippen LogP contribution in [0.1, 0.15) is 25.0 Å². The molecule has 2 aliphatic rings. The van der Waals surface area contributed by atoms with Gasteiger partial charge in [0.05, 0.1) is 19.3 Å². The Morgan fingerprint density at radius 2 is 2.16 bits per heavy atom. The summed E-state index contributed by atoms with van der Waals surface area (Å²) in [5.41, 5.74) is 0.903. The van der Waals surface area contributed by atoms with Crippen molar-refractivity contribution in [1.82, 2.24) is 4.90 Å². The van der Waals surface area contributed by atoms with Gasteiger partial charge in [-0.15, -0.1) is 0 Å². The number of rotatable bonds is 2. The number of ether oxygens (including phenoxy) is 2. The van der Waals surface area contributed by atoms with Crippen molar-refractivity contribution in [1.29, 1.82) is 0 Å². The molecule has 3 atom stereocenters. The summed E-state index contributed by atoms with van der Waals surface area (Å²) in [6.45, 7) is 5.07. The molecule has 1 N–H and O–H groups in total. The van der Waals surface area contributed by atoms with Crippen LogP contribution in [0, 0.1) is 0 Å². The van der Waals surface area contributed by atoms with Crippen LogP contribution in [0.2, 0.25) is 0 Å². The Balaban J connectivity index is 1.82. The van der Waals surface area contributed by atoms with Crippen molar-refractivity contribution in [3.05, 3.63) is 29.8 Å². The number of nitrogens with zero attached hydrogens (tertiary/aromatic N) is 1. The molecule has 0 aromatic heterocycles. The van der Waals surface area contributed by atoms with Gasteiger partial charge < -0.3 is 14.6 Å². The zero-order valence-electron chi connectivity index (χ0n) is 11.3. The van der Waals surface area contributed by atoms with E-state index < -0.39 is 6.10 Å². The molecule has 1 aromatic rings. The molecule has 104 valence electrons. The van der Waals surface area contributed by atoms with Crippen LogP contribution in [0.15, 0.2) is 24.3 Å². The SMILES string of the molecule is CCC1COCCN1C1COc2ccccc2C1O. The monoisotopic (exact) mass is 263 g/mol. The molecule has 2 heterocycles. The second-order valence-corrected chi connectivity index (χ2v) is 5.24. The summed E-state index contributed by atoms with van der Waals surface area (Å²) in [6.07, 6.45) is 0.558. The van der Waals surface area contributed by atoms with Crippen LogP contribution in [0.3, 0.4) is 0 Å². The second kappa shape index (κ2) is 5.49. The van der Waals surface area contributed by atoms with Gasteiger partial charge in [0.2, 0.25) is 0 Å². The van der Waals surface area contributed by atoms with E-state index in [0.717, 1.165) is 37.5 Å². The van der Waals surface area contributed by atoms with Gasteiger partial charge in [-0.3, -0.25) is 4.90 Å². The first-order valence-corrected chi connectivity index (χ1v) is 7.04. The highest BCUT2D eigenvalue weighted by atomic mass is 16.5. The Morgan fingerprint density at radius 3 is 3.00 bits per heavy atom. The second-order valence-electron chi connectivity index (χ2n) is 5.24. The van der Waals surface area contributed by atoms with Crippen LogP contribution in [0.5, 0.6) is 5.75 Å². The third-order valence-corrected chi connectivity index (χ3v) is 4.18. The molecule has 0 radical (unpaired) electrons. The molecular formula is C15H21NO3. The molecule has 19 heavy (non-hydrogen) atoms. The van der Waals surface area contributed by atoms with E-state index in [1.165, 1.54) is 0 Å². The number of hydrogen-bond donors (Lipinski definition) is 1. The third kappa shape index (κ3) is 2.36. The highest BCUT2D eigenvalue weighted by molar-refractivity contribution is 5.37. The minimum Gasteiger partial charge on any atom is -0.491 e. The lowest BCUT2D eigenvalue weighted by Gasteiger charge is -2.44. The average Bonchev–Trinajstić information content (AvgIpc) is 2.48. The Bertz CT molecular complexity index is 437. The largest absolute Gasteiger partial charge is 0.491 e. The highest BCUT2D eigenvalue weighted by Gasteiger charge is 2.37. The maximum atomic E-state index is 10.6. The Labute approximate surface area is 113 Å². The van der Waals surface area contributed by atoms with Crippen LogP contribution in [0.25, 0.3) is 0 Å². The fourth-order valence-corrected chi connectivity index (χ4v) is 3.06. The van der Waals surface area contributed by atoms with Gasteiger partial charge in [0, 0.05) is 18.2 Å². The molecule has 0 saturated carbocycles. The standard InChI is InChI=1S/C15H21NO3/c1-2-11-9-18-8-7-16(11)13-10-19-14-6-4-3-5-12(14)15(13)17/h3-6,11,13,15,17H,2,7-10H2,1H3. The smallest absolute Gasteiger partial charge is 0.125 e. The van der Waals surface area contributed by atoms with Gasteiger partial charge in [0.1, 0.15) is 18.5 Å².